The topological polar surface area (TPSA) is 38.3 Å². The lowest BCUT2D eigenvalue weighted by Crippen LogP contribution is -2.42. The summed E-state index contributed by atoms with van der Waals surface area (Å²) >= 11 is 4.83. The van der Waals surface area contributed by atoms with E-state index < -0.39 is 0 Å². The summed E-state index contributed by atoms with van der Waals surface area (Å²) in [6.07, 6.45) is 0.521. The number of halogens is 1. The van der Waals surface area contributed by atoms with Crippen LogP contribution in [-0.4, -0.2) is 31.6 Å². The van der Waals surface area contributed by atoms with Gasteiger partial charge in [-0.2, -0.15) is 0 Å². The lowest BCUT2D eigenvalue weighted by molar-refractivity contribution is 0.0677. The molecule has 1 aromatic heterocycles. The molecule has 1 aromatic rings. The van der Waals surface area contributed by atoms with Crippen LogP contribution in [0.3, 0.4) is 0 Å². The summed E-state index contributed by atoms with van der Waals surface area (Å²) in [5.74, 6) is 0.189. The molecule has 1 aliphatic rings. The molecule has 0 spiro atoms. The first-order valence-electron chi connectivity index (χ1n) is 4.85. The van der Waals surface area contributed by atoms with Gasteiger partial charge >= 0.3 is 0 Å². The van der Waals surface area contributed by atoms with Crippen molar-refractivity contribution in [2.24, 2.45) is 0 Å². The highest BCUT2D eigenvalue weighted by Gasteiger charge is 2.18. The number of morpholine rings is 1. The molecule has 0 aliphatic carbocycles. The summed E-state index contributed by atoms with van der Waals surface area (Å²) in [7, 11) is 0. The van der Waals surface area contributed by atoms with Crippen LogP contribution in [0.25, 0.3) is 0 Å². The van der Waals surface area contributed by atoms with Crippen LogP contribution in [0.15, 0.2) is 15.9 Å². The van der Waals surface area contributed by atoms with Crippen molar-refractivity contribution in [1.29, 1.82) is 0 Å². The van der Waals surface area contributed by atoms with Crippen molar-refractivity contribution in [1.82, 2.24) is 5.32 Å². The van der Waals surface area contributed by atoms with E-state index in [4.69, 9.17) is 4.74 Å². The van der Waals surface area contributed by atoms with Crippen LogP contribution in [0.2, 0.25) is 0 Å². The lowest BCUT2D eigenvalue weighted by atomic mass is 10.1. The zero-order chi connectivity index (χ0) is 10.7. The highest BCUT2D eigenvalue weighted by molar-refractivity contribution is 9.11. The molecule has 3 nitrogen and oxygen atoms in total. The van der Waals surface area contributed by atoms with Gasteiger partial charge in [-0.15, -0.1) is 11.3 Å². The molecule has 1 aliphatic heterocycles. The number of thiophene rings is 1. The van der Waals surface area contributed by atoms with E-state index in [1.165, 1.54) is 11.3 Å². The van der Waals surface area contributed by atoms with Gasteiger partial charge in [-0.1, -0.05) is 0 Å². The molecule has 5 heteroatoms. The Morgan fingerprint density at radius 2 is 2.53 bits per heavy atom. The van der Waals surface area contributed by atoms with Gasteiger partial charge in [0.1, 0.15) is 0 Å². The third-order valence-electron chi connectivity index (χ3n) is 2.28. The molecule has 0 radical (unpaired) electrons. The molecule has 0 aromatic carbocycles. The van der Waals surface area contributed by atoms with Crippen molar-refractivity contribution in [3.63, 3.8) is 0 Å². The minimum atomic E-state index is 0.173. The number of carbonyl (C=O) groups is 1. The monoisotopic (exact) mass is 289 g/mol. The van der Waals surface area contributed by atoms with E-state index >= 15 is 0 Å². The van der Waals surface area contributed by atoms with Crippen molar-refractivity contribution in [2.75, 3.05) is 19.8 Å². The van der Waals surface area contributed by atoms with Crippen LogP contribution in [0, 0.1) is 0 Å². The predicted molar refractivity (Wildman–Crippen MR) is 63.6 cm³/mol. The van der Waals surface area contributed by atoms with Gasteiger partial charge in [0.05, 0.1) is 21.9 Å². The first kappa shape index (κ1) is 11.3. The number of hydrogen-bond acceptors (Lipinski definition) is 4. The molecule has 1 unspecified atom stereocenters. The fraction of sp³-hybridized carbons (Fsp3) is 0.500. The molecule has 1 atom stereocenters. The maximum atomic E-state index is 11.8. The van der Waals surface area contributed by atoms with Crippen molar-refractivity contribution in [3.8, 4) is 0 Å². The number of hydrogen-bond donors (Lipinski definition) is 1. The first-order chi connectivity index (χ1) is 7.25. The Morgan fingerprint density at radius 3 is 3.13 bits per heavy atom. The number of nitrogens with one attached hydrogen (secondary N) is 1. The highest BCUT2D eigenvalue weighted by Crippen LogP contribution is 2.23. The van der Waals surface area contributed by atoms with E-state index in [1.807, 2.05) is 12.1 Å². The zero-order valence-corrected chi connectivity index (χ0v) is 10.6. The summed E-state index contributed by atoms with van der Waals surface area (Å²) in [5, 5.41) is 3.27. The van der Waals surface area contributed by atoms with E-state index in [-0.39, 0.29) is 11.8 Å². The first-order valence-corrected chi connectivity index (χ1v) is 6.46. The van der Waals surface area contributed by atoms with Crippen molar-refractivity contribution in [2.45, 2.75) is 12.5 Å². The number of Topliss-reactive ketones (excluding diaryl/α,β-unsaturated/α-hetero) is 1. The number of ether oxygens (including phenoxy) is 1. The quantitative estimate of drug-likeness (QED) is 0.866. The van der Waals surface area contributed by atoms with Crippen LogP contribution in [0.5, 0.6) is 0 Å². The van der Waals surface area contributed by atoms with E-state index in [0.29, 0.717) is 13.0 Å². The van der Waals surface area contributed by atoms with Crippen LogP contribution in [-0.2, 0) is 4.74 Å². The maximum absolute atomic E-state index is 11.8. The molecule has 1 saturated heterocycles. The Bertz CT molecular complexity index is 347. The SMILES string of the molecule is O=C(CC1COCCN1)c1ccc(Br)s1. The third-order valence-corrected chi connectivity index (χ3v) is 3.94. The Morgan fingerprint density at radius 1 is 1.67 bits per heavy atom. The van der Waals surface area contributed by atoms with Gasteiger partial charge < -0.3 is 10.1 Å². The largest absolute Gasteiger partial charge is 0.378 e. The maximum Gasteiger partial charge on any atom is 0.174 e. The van der Waals surface area contributed by atoms with Crippen LogP contribution in [0.1, 0.15) is 16.1 Å². The molecule has 0 amide bonds. The fourth-order valence-electron chi connectivity index (χ4n) is 1.54. The molecule has 0 saturated carbocycles. The average molecular weight is 290 g/mol. The molecule has 0 bridgehead atoms. The molecule has 15 heavy (non-hydrogen) atoms. The summed E-state index contributed by atoms with van der Waals surface area (Å²) in [6, 6.07) is 3.94. The Hall–Kier alpha value is -0.230. The number of ketones is 1. The van der Waals surface area contributed by atoms with E-state index in [9.17, 15) is 4.79 Å². The summed E-state index contributed by atoms with van der Waals surface area (Å²) in [5.41, 5.74) is 0. The second-order valence-electron chi connectivity index (χ2n) is 3.46. The van der Waals surface area contributed by atoms with Crippen LogP contribution < -0.4 is 5.32 Å². The van der Waals surface area contributed by atoms with E-state index in [2.05, 4.69) is 21.2 Å². The zero-order valence-electron chi connectivity index (χ0n) is 8.16. The second-order valence-corrected chi connectivity index (χ2v) is 5.92. The standard InChI is InChI=1S/C10H12BrNO2S/c11-10-2-1-9(15-10)8(13)5-7-6-14-4-3-12-7/h1-2,7,12H,3-6H2. The Balaban J connectivity index is 1.91. The van der Waals surface area contributed by atoms with E-state index in [0.717, 1.165) is 21.8 Å². The van der Waals surface area contributed by atoms with Crippen LogP contribution >= 0.6 is 27.3 Å². The molecular weight excluding hydrogens is 278 g/mol. The molecule has 2 heterocycles. The second kappa shape index (κ2) is 5.21. The van der Waals surface area contributed by atoms with Crippen molar-refractivity contribution >= 4 is 33.0 Å². The van der Waals surface area contributed by atoms with Gasteiger partial charge in [-0.25, -0.2) is 0 Å². The van der Waals surface area contributed by atoms with Gasteiger partial charge in [0.25, 0.3) is 0 Å². The molecule has 1 fully saturated rings. The molecule has 82 valence electrons. The van der Waals surface area contributed by atoms with Gasteiger partial charge in [-0.05, 0) is 28.1 Å². The van der Waals surface area contributed by atoms with Crippen molar-refractivity contribution < 1.29 is 9.53 Å². The van der Waals surface area contributed by atoms with Gasteiger partial charge in [0.2, 0.25) is 0 Å². The highest BCUT2D eigenvalue weighted by atomic mass is 79.9. The normalized spacial score (nSPS) is 21.5. The van der Waals surface area contributed by atoms with E-state index in [1.54, 1.807) is 0 Å². The lowest BCUT2D eigenvalue weighted by Gasteiger charge is -2.22. The van der Waals surface area contributed by atoms with Crippen LogP contribution in [0.4, 0.5) is 0 Å². The van der Waals surface area contributed by atoms with Gasteiger partial charge in [0, 0.05) is 19.0 Å². The average Bonchev–Trinajstić information content (AvgIpc) is 2.66. The Labute approximate surface area is 101 Å². The van der Waals surface area contributed by atoms with Gasteiger partial charge in [-0.3, -0.25) is 4.79 Å². The summed E-state index contributed by atoms with van der Waals surface area (Å²) in [4.78, 5) is 12.6. The number of carbonyl (C=O) groups excluding carboxylic acids is 1. The molecule has 1 N–H and O–H groups in total. The molecular formula is C10H12BrNO2S. The van der Waals surface area contributed by atoms with Crippen molar-refractivity contribution in [3.05, 3.63) is 20.8 Å². The molecule has 2 rings (SSSR count). The smallest absolute Gasteiger partial charge is 0.174 e. The minimum absolute atomic E-state index is 0.173. The third kappa shape index (κ3) is 3.11. The fourth-order valence-corrected chi connectivity index (χ4v) is 2.87. The minimum Gasteiger partial charge on any atom is -0.378 e. The number of rotatable bonds is 3. The summed E-state index contributed by atoms with van der Waals surface area (Å²) in [6.45, 7) is 2.22. The Kier molecular flexibility index (Phi) is 3.91. The predicted octanol–water partition coefficient (Wildman–Crippen LogP) is 2.07. The summed E-state index contributed by atoms with van der Waals surface area (Å²) < 4.78 is 6.30. The van der Waals surface area contributed by atoms with Gasteiger partial charge in [0.15, 0.2) is 5.78 Å².